The Labute approximate surface area is 168 Å². The molecular formula is C20H21N5O3S. The smallest absolute Gasteiger partial charge is 0.238 e. The van der Waals surface area contributed by atoms with E-state index in [1.807, 2.05) is 37.4 Å². The first-order valence-corrected chi connectivity index (χ1v) is 10.7. The van der Waals surface area contributed by atoms with Crippen molar-refractivity contribution in [3.05, 3.63) is 77.1 Å². The van der Waals surface area contributed by atoms with E-state index in [4.69, 9.17) is 10.3 Å². The van der Waals surface area contributed by atoms with Crippen molar-refractivity contribution in [1.29, 1.82) is 0 Å². The van der Waals surface area contributed by atoms with Crippen LogP contribution in [0.1, 0.15) is 22.4 Å². The van der Waals surface area contributed by atoms with Crippen molar-refractivity contribution >= 4 is 26.8 Å². The first-order valence-electron chi connectivity index (χ1n) is 9.09. The Bertz CT molecular complexity index is 1250. The largest absolute Gasteiger partial charge is 0.354 e. The molecule has 2 heterocycles. The van der Waals surface area contributed by atoms with Gasteiger partial charge in [0.15, 0.2) is 11.4 Å². The zero-order valence-electron chi connectivity index (χ0n) is 15.9. The first-order chi connectivity index (χ1) is 13.9. The fourth-order valence-electron chi connectivity index (χ4n) is 3.27. The average Bonchev–Trinajstić information content (AvgIpc) is 3.29. The van der Waals surface area contributed by atoms with Crippen molar-refractivity contribution in [3.8, 4) is 0 Å². The highest BCUT2D eigenvalue weighted by Gasteiger charge is 2.19. The Kier molecular flexibility index (Phi) is 5.08. The van der Waals surface area contributed by atoms with Crippen LogP contribution in [0.2, 0.25) is 0 Å². The van der Waals surface area contributed by atoms with Gasteiger partial charge in [-0.05, 0) is 35.7 Å². The second-order valence-corrected chi connectivity index (χ2v) is 8.59. The van der Waals surface area contributed by atoms with Gasteiger partial charge in [0.25, 0.3) is 0 Å². The maximum absolute atomic E-state index is 12.5. The van der Waals surface area contributed by atoms with E-state index in [2.05, 4.69) is 15.0 Å². The summed E-state index contributed by atoms with van der Waals surface area (Å²) in [6.07, 6.45) is 1.87. The number of nitrogens with zero attached hydrogens (tertiary/aromatic N) is 3. The van der Waals surface area contributed by atoms with Gasteiger partial charge in [0.1, 0.15) is 0 Å². The molecule has 8 nitrogen and oxygen atoms in total. The average molecular weight is 411 g/mol. The Morgan fingerprint density at radius 3 is 2.66 bits per heavy atom. The Morgan fingerprint density at radius 1 is 1.14 bits per heavy atom. The molecule has 0 radical (unpaired) electrons. The third-order valence-electron chi connectivity index (χ3n) is 4.53. The van der Waals surface area contributed by atoms with E-state index in [0.717, 1.165) is 16.8 Å². The van der Waals surface area contributed by atoms with Crippen LogP contribution in [-0.2, 0) is 28.9 Å². The highest BCUT2D eigenvalue weighted by Crippen LogP contribution is 2.29. The van der Waals surface area contributed by atoms with Crippen LogP contribution in [0.4, 0.5) is 5.82 Å². The summed E-state index contributed by atoms with van der Waals surface area (Å²) in [6, 6.07) is 14.7. The van der Waals surface area contributed by atoms with Gasteiger partial charge < -0.3 is 10.3 Å². The lowest BCUT2D eigenvalue weighted by atomic mass is 10.1. The van der Waals surface area contributed by atoms with E-state index in [9.17, 15) is 8.42 Å². The summed E-state index contributed by atoms with van der Waals surface area (Å²) in [5, 5.41) is 8.97. The predicted molar refractivity (Wildman–Crippen MR) is 111 cm³/mol. The lowest BCUT2D eigenvalue weighted by Gasteiger charge is -2.07. The fraction of sp³-hybridized carbons (Fsp3) is 0.200. The SMILES string of the molecule is Cc1cc(Cn2ccc(CN)n2)cc2onc(NS(=O)(=O)Cc3ccccc3)c12. The van der Waals surface area contributed by atoms with E-state index < -0.39 is 10.0 Å². The summed E-state index contributed by atoms with van der Waals surface area (Å²) in [4.78, 5) is 0. The number of anilines is 1. The zero-order chi connectivity index (χ0) is 20.4. The van der Waals surface area contributed by atoms with Crippen LogP contribution >= 0.6 is 0 Å². The lowest BCUT2D eigenvalue weighted by molar-refractivity contribution is 0.459. The normalized spacial score (nSPS) is 11.8. The second-order valence-electron chi connectivity index (χ2n) is 6.87. The minimum absolute atomic E-state index is 0.137. The molecule has 0 spiro atoms. The number of aryl methyl sites for hydroxylation is 1. The van der Waals surface area contributed by atoms with Crippen molar-refractivity contribution in [2.24, 2.45) is 5.73 Å². The number of fused-ring (bicyclic) bond motifs is 1. The molecule has 2 aromatic carbocycles. The molecule has 0 aliphatic carbocycles. The topological polar surface area (TPSA) is 116 Å². The Hall–Kier alpha value is -3.17. The summed E-state index contributed by atoms with van der Waals surface area (Å²) < 4.78 is 34.8. The molecule has 29 heavy (non-hydrogen) atoms. The molecule has 150 valence electrons. The summed E-state index contributed by atoms with van der Waals surface area (Å²) in [5.41, 5.74) is 9.47. The van der Waals surface area contributed by atoms with Crippen LogP contribution < -0.4 is 10.5 Å². The molecule has 2 aromatic heterocycles. The molecule has 0 saturated heterocycles. The van der Waals surface area contributed by atoms with Gasteiger partial charge in [0.2, 0.25) is 10.0 Å². The summed E-state index contributed by atoms with van der Waals surface area (Å²) in [6.45, 7) is 2.83. The van der Waals surface area contributed by atoms with Crippen molar-refractivity contribution in [1.82, 2.24) is 14.9 Å². The van der Waals surface area contributed by atoms with Gasteiger partial charge in [-0.1, -0.05) is 41.6 Å². The monoisotopic (exact) mass is 411 g/mol. The van der Waals surface area contributed by atoms with Crippen LogP contribution in [0.5, 0.6) is 0 Å². The van der Waals surface area contributed by atoms with Crippen molar-refractivity contribution in [2.75, 3.05) is 4.72 Å². The number of rotatable bonds is 7. The maximum Gasteiger partial charge on any atom is 0.238 e. The molecule has 0 unspecified atom stereocenters. The number of hydrogen-bond acceptors (Lipinski definition) is 6. The van der Waals surface area contributed by atoms with Gasteiger partial charge in [-0.15, -0.1) is 0 Å². The fourth-order valence-corrected chi connectivity index (χ4v) is 4.41. The van der Waals surface area contributed by atoms with E-state index in [0.29, 0.717) is 29.6 Å². The highest BCUT2D eigenvalue weighted by atomic mass is 32.2. The number of hydrogen-bond donors (Lipinski definition) is 2. The van der Waals surface area contributed by atoms with Gasteiger partial charge in [0.05, 0.1) is 23.4 Å². The molecule has 4 rings (SSSR count). The first kappa shape index (κ1) is 19.2. The Balaban J connectivity index is 1.58. The lowest BCUT2D eigenvalue weighted by Crippen LogP contribution is -2.15. The van der Waals surface area contributed by atoms with Gasteiger partial charge in [-0.25, -0.2) is 8.42 Å². The number of aromatic nitrogens is 3. The van der Waals surface area contributed by atoms with E-state index in [1.54, 1.807) is 28.9 Å². The summed E-state index contributed by atoms with van der Waals surface area (Å²) in [5.74, 6) is 0.0618. The highest BCUT2D eigenvalue weighted by molar-refractivity contribution is 7.91. The minimum atomic E-state index is -3.62. The van der Waals surface area contributed by atoms with Gasteiger partial charge >= 0.3 is 0 Å². The van der Waals surface area contributed by atoms with Crippen LogP contribution in [-0.4, -0.2) is 23.4 Å². The van der Waals surface area contributed by atoms with Crippen molar-refractivity contribution in [3.63, 3.8) is 0 Å². The molecule has 9 heteroatoms. The molecule has 4 aromatic rings. The molecule has 3 N–H and O–H groups in total. The predicted octanol–water partition coefficient (Wildman–Crippen LogP) is 2.78. The molecule has 0 aliphatic rings. The zero-order valence-corrected chi connectivity index (χ0v) is 16.7. The standard InChI is InChI=1S/C20H21N5O3S/c1-14-9-16(12-25-8-7-17(11-21)22-25)10-18-19(14)20(23-28-18)24-29(26,27)13-15-5-3-2-4-6-15/h2-10H,11-13,21H2,1H3,(H,23,24). The third-order valence-corrected chi connectivity index (χ3v) is 5.75. The quantitative estimate of drug-likeness (QED) is 0.483. The van der Waals surface area contributed by atoms with Crippen molar-refractivity contribution < 1.29 is 12.9 Å². The maximum atomic E-state index is 12.5. The van der Waals surface area contributed by atoms with E-state index in [1.165, 1.54) is 0 Å². The molecule has 0 amide bonds. The third kappa shape index (κ3) is 4.30. The van der Waals surface area contributed by atoms with Crippen LogP contribution in [0.3, 0.4) is 0 Å². The van der Waals surface area contributed by atoms with Crippen LogP contribution in [0.15, 0.2) is 59.3 Å². The van der Waals surface area contributed by atoms with Gasteiger partial charge in [-0.2, -0.15) is 5.10 Å². The van der Waals surface area contributed by atoms with Crippen molar-refractivity contribution in [2.45, 2.75) is 25.8 Å². The summed E-state index contributed by atoms with van der Waals surface area (Å²) in [7, 11) is -3.62. The summed E-state index contributed by atoms with van der Waals surface area (Å²) >= 11 is 0. The van der Waals surface area contributed by atoms with Gasteiger partial charge in [-0.3, -0.25) is 9.40 Å². The number of benzene rings is 2. The van der Waals surface area contributed by atoms with E-state index in [-0.39, 0.29) is 11.6 Å². The molecule has 0 fully saturated rings. The Morgan fingerprint density at radius 2 is 1.93 bits per heavy atom. The molecule has 0 bridgehead atoms. The molecule has 0 atom stereocenters. The minimum Gasteiger partial charge on any atom is -0.354 e. The second kappa shape index (κ2) is 7.69. The molecule has 0 aliphatic heterocycles. The van der Waals surface area contributed by atoms with Crippen LogP contribution in [0, 0.1) is 6.92 Å². The number of sulfonamides is 1. The number of nitrogens with one attached hydrogen (secondary N) is 1. The molecular weight excluding hydrogens is 390 g/mol. The van der Waals surface area contributed by atoms with Gasteiger partial charge in [0, 0.05) is 12.7 Å². The van der Waals surface area contributed by atoms with Crippen LogP contribution in [0.25, 0.3) is 11.0 Å². The number of nitrogens with two attached hydrogens (primary N) is 1. The molecule has 0 saturated carbocycles. The van der Waals surface area contributed by atoms with E-state index >= 15 is 0 Å².